The highest BCUT2D eigenvalue weighted by Crippen LogP contribution is 2.25. The first-order chi connectivity index (χ1) is 17.8. The first kappa shape index (κ1) is 30.3. The molecule has 0 fully saturated rings. The van der Waals surface area contributed by atoms with Crippen molar-refractivity contribution in [3.05, 3.63) is 48.5 Å². The second kappa shape index (κ2) is 21.2. The Morgan fingerprint density at radius 1 is 0.361 bits per heavy atom. The third-order valence-electron chi connectivity index (χ3n) is 7.08. The van der Waals surface area contributed by atoms with Crippen LogP contribution in [0.1, 0.15) is 129 Å². The number of rotatable bonds is 23. The molecule has 0 aliphatic heterocycles. The fraction of sp³-hybridized carbons (Fsp3) is 0.647. The molecule has 0 spiro atoms. The lowest BCUT2D eigenvalue weighted by Gasteiger charge is -2.09. The van der Waals surface area contributed by atoms with E-state index in [-0.39, 0.29) is 0 Å². The van der Waals surface area contributed by atoms with Crippen molar-refractivity contribution >= 4 is 0 Å². The molecule has 0 saturated carbocycles. The maximum atomic E-state index is 5.96. The van der Waals surface area contributed by atoms with Crippen molar-refractivity contribution in [1.82, 2.24) is 0 Å². The van der Waals surface area contributed by atoms with Crippen LogP contribution in [0.25, 0.3) is 11.1 Å². The highest BCUT2D eigenvalue weighted by atomic mass is 16.5. The van der Waals surface area contributed by atoms with Gasteiger partial charge in [0, 0.05) is 0 Å². The Balaban J connectivity index is 1.53. The van der Waals surface area contributed by atoms with Gasteiger partial charge in [-0.25, -0.2) is 0 Å². The Morgan fingerprint density at radius 2 is 0.639 bits per heavy atom. The van der Waals surface area contributed by atoms with E-state index in [0.717, 1.165) is 37.6 Å². The molecule has 0 aromatic heterocycles. The van der Waals surface area contributed by atoms with Crippen molar-refractivity contribution in [3.8, 4) is 22.6 Å². The zero-order valence-corrected chi connectivity index (χ0v) is 23.6. The molecule has 36 heavy (non-hydrogen) atoms. The Morgan fingerprint density at radius 3 is 0.944 bits per heavy atom. The van der Waals surface area contributed by atoms with E-state index < -0.39 is 0 Å². The van der Waals surface area contributed by atoms with E-state index in [0.29, 0.717) is 0 Å². The lowest BCUT2D eigenvalue weighted by atomic mass is 10.1. The number of benzene rings is 2. The van der Waals surface area contributed by atoms with E-state index in [1.54, 1.807) is 0 Å². The number of ether oxygens (including phenoxy) is 2. The van der Waals surface area contributed by atoms with Crippen LogP contribution in [0.5, 0.6) is 11.5 Å². The molecule has 0 bridgehead atoms. The van der Waals surface area contributed by atoms with Gasteiger partial charge in [0.2, 0.25) is 0 Å². The van der Waals surface area contributed by atoms with E-state index >= 15 is 0 Å². The van der Waals surface area contributed by atoms with Crippen molar-refractivity contribution in [1.29, 1.82) is 0 Å². The van der Waals surface area contributed by atoms with Gasteiger partial charge in [0.15, 0.2) is 0 Å². The van der Waals surface area contributed by atoms with E-state index in [1.807, 2.05) is 0 Å². The summed E-state index contributed by atoms with van der Waals surface area (Å²) in [5.41, 5.74) is 2.44. The van der Waals surface area contributed by atoms with Crippen LogP contribution in [0, 0.1) is 0 Å². The SMILES string of the molecule is CCCCCCCCCCCOc1ccc(-c2ccc(OCCCCCCCCCCC)cc2)cc1. The molecule has 2 nitrogen and oxygen atoms in total. The van der Waals surface area contributed by atoms with Gasteiger partial charge in [-0.05, 0) is 48.2 Å². The lowest BCUT2D eigenvalue weighted by molar-refractivity contribution is 0.304. The summed E-state index contributed by atoms with van der Waals surface area (Å²) in [7, 11) is 0. The Kier molecular flexibility index (Phi) is 17.8. The van der Waals surface area contributed by atoms with Gasteiger partial charge >= 0.3 is 0 Å². The summed E-state index contributed by atoms with van der Waals surface area (Å²) >= 11 is 0. The topological polar surface area (TPSA) is 18.5 Å². The molecule has 0 atom stereocenters. The number of unbranched alkanes of at least 4 members (excludes halogenated alkanes) is 16. The minimum Gasteiger partial charge on any atom is -0.494 e. The van der Waals surface area contributed by atoms with Crippen molar-refractivity contribution in [2.45, 2.75) is 129 Å². The van der Waals surface area contributed by atoms with Gasteiger partial charge in [-0.3, -0.25) is 0 Å². The Labute approximate surface area is 223 Å². The van der Waals surface area contributed by atoms with E-state index in [2.05, 4.69) is 62.4 Å². The normalized spacial score (nSPS) is 11.1. The second-order valence-corrected chi connectivity index (χ2v) is 10.4. The quantitative estimate of drug-likeness (QED) is 0.143. The minimum atomic E-state index is 0.820. The molecule has 0 aliphatic rings. The fourth-order valence-corrected chi connectivity index (χ4v) is 4.69. The van der Waals surface area contributed by atoms with Crippen LogP contribution in [0.4, 0.5) is 0 Å². The van der Waals surface area contributed by atoms with Crippen LogP contribution in [-0.4, -0.2) is 13.2 Å². The maximum Gasteiger partial charge on any atom is 0.119 e. The van der Waals surface area contributed by atoms with Gasteiger partial charge < -0.3 is 9.47 Å². The highest BCUT2D eigenvalue weighted by Gasteiger charge is 2.01. The third kappa shape index (κ3) is 14.6. The first-order valence-electron chi connectivity index (χ1n) is 15.3. The average Bonchev–Trinajstić information content (AvgIpc) is 2.91. The van der Waals surface area contributed by atoms with Crippen LogP contribution in [-0.2, 0) is 0 Å². The highest BCUT2D eigenvalue weighted by molar-refractivity contribution is 5.64. The van der Waals surface area contributed by atoms with Crippen LogP contribution in [0.3, 0.4) is 0 Å². The third-order valence-corrected chi connectivity index (χ3v) is 7.08. The smallest absolute Gasteiger partial charge is 0.119 e. The molecule has 2 heteroatoms. The predicted octanol–water partition coefficient (Wildman–Crippen LogP) is 11.2. The van der Waals surface area contributed by atoms with E-state index in [9.17, 15) is 0 Å². The monoisotopic (exact) mass is 494 g/mol. The summed E-state index contributed by atoms with van der Waals surface area (Å²) in [5.74, 6) is 1.94. The molecule has 0 aliphatic carbocycles. The maximum absolute atomic E-state index is 5.96. The second-order valence-electron chi connectivity index (χ2n) is 10.4. The zero-order valence-electron chi connectivity index (χ0n) is 23.6. The van der Waals surface area contributed by atoms with E-state index in [1.165, 1.54) is 114 Å². The molecule has 0 unspecified atom stereocenters. The van der Waals surface area contributed by atoms with Crippen LogP contribution >= 0.6 is 0 Å². The first-order valence-corrected chi connectivity index (χ1v) is 15.3. The van der Waals surface area contributed by atoms with Crippen LogP contribution in [0.15, 0.2) is 48.5 Å². The standard InChI is InChI=1S/C34H54O2/c1-3-5-7-9-11-13-15-17-19-29-35-33-25-21-31(22-26-33)32-23-27-34(28-24-32)36-30-20-18-16-14-12-10-8-6-4-2/h21-28H,3-20,29-30H2,1-2H3. The molecule has 0 amide bonds. The number of hydrogen-bond acceptors (Lipinski definition) is 2. The summed E-state index contributed by atoms with van der Waals surface area (Å²) in [4.78, 5) is 0. The molecule has 0 heterocycles. The molecule has 0 N–H and O–H groups in total. The van der Waals surface area contributed by atoms with Crippen LogP contribution in [0.2, 0.25) is 0 Å². The lowest BCUT2D eigenvalue weighted by Crippen LogP contribution is -1.97. The summed E-state index contributed by atoms with van der Waals surface area (Å²) in [6.45, 7) is 6.19. The fourth-order valence-electron chi connectivity index (χ4n) is 4.69. The molecule has 0 radical (unpaired) electrons. The van der Waals surface area contributed by atoms with Gasteiger partial charge in [-0.15, -0.1) is 0 Å². The Bertz CT molecular complexity index is 669. The molecule has 2 aromatic rings. The van der Waals surface area contributed by atoms with E-state index in [4.69, 9.17) is 9.47 Å². The average molecular weight is 495 g/mol. The van der Waals surface area contributed by atoms with Gasteiger partial charge in [-0.1, -0.05) is 141 Å². The molecular formula is C34H54O2. The summed E-state index contributed by atoms with van der Waals surface area (Å²) in [6.07, 6.45) is 24.2. The van der Waals surface area contributed by atoms with Crippen LogP contribution < -0.4 is 9.47 Å². The molecular weight excluding hydrogens is 440 g/mol. The minimum absolute atomic E-state index is 0.820. The van der Waals surface area contributed by atoms with Crippen molar-refractivity contribution < 1.29 is 9.47 Å². The summed E-state index contributed by atoms with van der Waals surface area (Å²) < 4.78 is 11.9. The van der Waals surface area contributed by atoms with Gasteiger partial charge in [0.1, 0.15) is 11.5 Å². The molecule has 202 valence electrons. The van der Waals surface area contributed by atoms with Crippen molar-refractivity contribution in [2.24, 2.45) is 0 Å². The van der Waals surface area contributed by atoms with Crippen molar-refractivity contribution in [2.75, 3.05) is 13.2 Å². The van der Waals surface area contributed by atoms with Crippen molar-refractivity contribution in [3.63, 3.8) is 0 Å². The zero-order chi connectivity index (χ0) is 25.5. The van der Waals surface area contributed by atoms with Gasteiger partial charge in [-0.2, -0.15) is 0 Å². The van der Waals surface area contributed by atoms with Gasteiger partial charge in [0.05, 0.1) is 13.2 Å². The molecule has 2 aromatic carbocycles. The summed E-state index contributed by atoms with van der Waals surface area (Å²) in [6, 6.07) is 17.0. The summed E-state index contributed by atoms with van der Waals surface area (Å²) in [5, 5.41) is 0. The largest absolute Gasteiger partial charge is 0.494 e. The number of hydrogen-bond donors (Lipinski definition) is 0. The van der Waals surface area contributed by atoms with Gasteiger partial charge in [0.25, 0.3) is 0 Å². The molecule has 0 saturated heterocycles. The Hall–Kier alpha value is -1.96. The molecule has 2 rings (SSSR count). The predicted molar refractivity (Wildman–Crippen MR) is 157 cm³/mol.